The minimum absolute atomic E-state index is 0.253. The fraction of sp³-hybridized carbons (Fsp3) is 0.154. The molecule has 1 aromatic rings. The highest BCUT2D eigenvalue weighted by Crippen LogP contribution is 2.19. The van der Waals surface area contributed by atoms with E-state index in [1.54, 1.807) is 18.2 Å². The normalized spacial score (nSPS) is 17.8. The molecule has 1 aliphatic rings. The van der Waals surface area contributed by atoms with Gasteiger partial charge >= 0.3 is 17.9 Å². The summed E-state index contributed by atoms with van der Waals surface area (Å²) in [6.07, 6.45) is 1.22. The third kappa shape index (κ3) is 3.32. The van der Waals surface area contributed by atoms with Crippen molar-refractivity contribution in [3.63, 3.8) is 0 Å². The number of carbonyl (C=O) groups is 2. The molecule has 1 amide bonds. The third-order valence-corrected chi connectivity index (χ3v) is 3.60. The van der Waals surface area contributed by atoms with E-state index >= 15 is 0 Å². The second kappa shape index (κ2) is 6.12. The van der Waals surface area contributed by atoms with Gasteiger partial charge in [0.05, 0.1) is 5.56 Å². The van der Waals surface area contributed by atoms with Crippen LogP contribution < -0.4 is 0 Å². The molecule has 0 aliphatic carbocycles. The number of ether oxygens (including phenoxy) is 1. The van der Waals surface area contributed by atoms with Gasteiger partial charge < -0.3 is 4.74 Å². The number of hydrogen-bond donors (Lipinski definition) is 0. The quantitative estimate of drug-likeness (QED) is 0.335. The Hall–Kier alpha value is -2.10. The molecule has 7 nitrogen and oxygen atoms in total. The number of amides is 1. The summed E-state index contributed by atoms with van der Waals surface area (Å²) in [6, 6.07) is 4.86. The van der Waals surface area contributed by atoms with Gasteiger partial charge in [0.25, 0.3) is 0 Å². The van der Waals surface area contributed by atoms with E-state index in [1.807, 2.05) is 22.6 Å². The maximum absolute atomic E-state index is 12.1. The molecule has 21 heavy (non-hydrogen) atoms. The lowest BCUT2D eigenvalue weighted by molar-refractivity contribution is -0.501. The molecular weight excluding hydrogens is 391 g/mol. The van der Waals surface area contributed by atoms with E-state index in [1.165, 1.54) is 19.1 Å². The van der Waals surface area contributed by atoms with Gasteiger partial charge in [-0.05, 0) is 41.6 Å². The van der Waals surface area contributed by atoms with E-state index in [4.69, 9.17) is 4.74 Å². The zero-order valence-corrected chi connectivity index (χ0v) is 12.9. The van der Waals surface area contributed by atoms with Gasteiger partial charge in [-0.1, -0.05) is 12.1 Å². The van der Waals surface area contributed by atoms with Crippen LogP contribution in [0.4, 0.5) is 0 Å². The first-order valence-electron chi connectivity index (χ1n) is 5.81. The lowest BCUT2D eigenvalue weighted by atomic mass is 10.1. The smallest absolute Gasteiger partial charge is 0.348 e. The molecule has 0 saturated heterocycles. The van der Waals surface area contributed by atoms with Crippen LogP contribution in [0.25, 0.3) is 0 Å². The molecule has 1 aliphatic heterocycles. The highest BCUT2D eigenvalue weighted by molar-refractivity contribution is 14.1. The predicted octanol–water partition coefficient (Wildman–Crippen LogP) is 1.98. The summed E-state index contributed by atoms with van der Waals surface area (Å²) in [7, 11) is 0. The van der Waals surface area contributed by atoms with Crippen LogP contribution in [0, 0.1) is 13.7 Å². The number of rotatable bonds is 3. The Labute approximate surface area is 133 Å². The standard InChI is InChI=1S/C13H9IN2O5/c1-7-6-10(11(16(19)20)12(17)15-7)21-13(18)8-4-2-3-5-9(8)14/h2-6,11H,1H3. The molecule has 2 rings (SSSR count). The van der Waals surface area contributed by atoms with Crippen molar-refractivity contribution in [3.05, 3.63) is 55.3 Å². The predicted molar refractivity (Wildman–Crippen MR) is 81.6 cm³/mol. The molecule has 0 aromatic heterocycles. The number of nitrogens with zero attached hydrogens (tertiary/aromatic N) is 2. The third-order valence-electron chi connectivity index (χ3n) is 2.66. The average molecular weight is 400 g/mol. The van der Waals surface area contributed by atoms with Crippen molar-refractivity contribution in [1.82, 2.24) is 0 Å². The number of hydrogen-bond acceptors (Lipinski definition) is 5. The molecule has 8 heteroatoms. The number of nitro groups is 1. The van der Waals surface area contributed by atoms with Crippen LogP contribution in [0.1, 0.15) is 17.3 Å². The van der Waals surface area contributed by atoms with Gasteiger partial charge in [-0.3, -0.25) is 14.9 Å². The zero-order chi connectivity index (χ0) is 15.6. The summed E-state index contributed by atoms with van der Waals surface area (Å²) < 4.78 is 5.69. The number of esters is 1. The summed E-state index contributed by atoms with van der Waals surface area (Å²) in [4.78, 5) is 37.3. The molecule has 1 atom stereocenters. The molecule has 108 valence electrons. The van der Waals surface area contributed by atoms with Crippen LogP contribution in [-0.4, -0.2) is 28.6 Å². The Bertz CT molecular complexity index is 696. The van der Waals surface area contributed by atoms with Crippen molar-refractivity contribution in [1.29, 1.82) is 0 Å². The van der Waals surface area contributed by atoms with Crippen LogP contribution in [0.2, 0.25) is 0 Å². The maximum Gasteiger partial charge on any atom is 0.348 e. The molecule has 0 N–H and O–H groups in total. The van der Waals surface area contributed by atoms with Gasteiger partial charge in [0, 0.05) is 20.3 Å². The first kappa shape index (κ1) is 15.3. The zero-order valence-electron chi connectivity index (χ0n) is 10.8. The van der Waals surface area contributed by atoms with Gasteiger partial charge in [-0.15, -0.1) is 0 Å². The van der Waals surface area contributed by atoms with E-state index in [0.717, 1.165) is 0 Å². The van der Waals surface area contributed by atoms with E-state index in [2.05, 4.69) is 4.99 Å². The van der Waals surface area contributed by atoms with Gasteiger partial charge in [0.15, 0.2) is 5.76 Å². The van der Waals surface area contributed by atoms with Crippen molar-refractivity contribution >= 4 is 40.2 Å². The summed E-state index contributed by atoms with van der Waals surface area (Å²) in [5.74, 6) is -2.02. The minimum atomic E-state index is -1.78. The minimum Gasteiger partial charge on any atom is -0.419 e. The van der Waals surface area contributed by atoms with Crippen LogP contribution in [0.3, 0.4) is 0 Å². The first-order valence-corrected chi connectivity index (χ1v) is 6.89. The lowest BCUT2D eigenvalue weighted by Gasteiger charge is -2.14. The molecule has 1 aromatic carbocycles. The SMILES string of the molecule is CC1=NC(=O)C([N+](=O)[O-])C(OC(=O)c2ccccc2I)=C1. The molecule has 0 radical (unpaired) electrons. The average Bonchev–Trinajstić information content (AvgIpc) is 2.37. The Balaban J connectivity index is 2.30. The monoisotopic (exact) mass is 400 g/mol. The number of halogens is 1. The van der Waals surface area contributed by atoms with Crippen molar-refractivity contribution in [3.8, 4) is 0 Å². The van der Waals surface area contributed by atoms with Gasteiger partial charge in [0.2, 0.25) is 0 Å². The Morgan fingerprint density at radius 2 is 2.10 bits per heavy atom. The fourth-order valence-corrected chi connectivity index (χ4v) is 2.35. The Morgan fingerprint density at radius 1 is 1.43 bits per heavy atom. The molecule has 1 unspecified atom stereocenters. The number of benzene rings is 1. The van der Waals surface area contributed by atoms with Gasteiger partial charge in [-0.2, -0.15) is 0 Å². The van der Waals surface area contributed by atoms with Crippen LogP contribution >= 0.6 is 22.6 Å². The van der Waals surface area contributed by atoms with E-state index in [-0.39, 0.29) is 17.0 Å². The van der Waals surface area contributed by atoms with Gasteiger partial charge in [0.1, 0.15) is 0 Å². The topological polar surface area (TPSA) is 98.9 Å². The first-order chi connectivity index (χ1) is 9.90. The molecule has 0 bridgehead atoms. The second-order valence-electron chi connectivity index (χ2n) is 4.20. The summed E-state index contributed by atoms with van der Waals surface area (Å²) in [6.45, 7) is 1.49. The van der Waals surface area contributed by atoms with Crippen LogP contribution in [0.5, 0.6) is 0 Å². The van der Waals surface area contributed by atoms with Crippen LogP contribution in [-0.2, 0) is 9.53 Å². The summed E-state index contributed by atoms with van der Waals surface area (Å²) in [5.41, 5.74) is 0.525. The largest absolute Gasteiger partial charge is 0.419 e. The number of aliphatic imine (C=N–C) groups is 1. The van der Waals surface area contributed by atoms with E-state index in [0.29, 0.717) is 3.57 Å². The molecular formula is C13H9IN2O5. The highest BCUT2D eigenvalue weighted by Gasteiger charge is 2.39. The maximum atomic E-state index is 12.1. The lowest BCUT2D eigenvalue weighted by Crippen LogP contribution is -2.35. The molecule has 0 fully saturated rings. The Morgan fingerprint density at radius 3 is 2.71 bits per heavy atom. The molecule has 0 saturated carbocycles. The summed E-state index contributed by atoms with van der Waals surface area (Å²) >= 11 is 1.95. The second-order valence-corrected chi connectivity index (χ2v) is 5.36. The van der Waals surface area contributed by atoms with E-state index in [9.17, 15) is 19.7 Å². The Kier molecular flexibility index (Phi) is 4.46. The van der Waals surface area contributed by atoms with Crippen molar-refractivity contribution < 1.29 is 19.2 Å². The van der Waals surface area contributed by atoms with Crippen molar-refractivity contribution in [2.24, 2.45) is 4.99 Å². The fourth-order valence-electron chi connectivity index (χ4n) is 1.74. The van der Waals surface area contributed by atoms with Gasteiger partial charge in [-0.25, -0.2) is 9.79 Å². The molecule has 1 heterocycles. The van der Waals surface area contributed by atoms with Crippen LogP contribution in [0.15, 0.2) is 41.1 Å². The number of carbonyl (C=O) groups excluding carboxylic acids is 2. The number of dihydropyridines is 1. The van der Waals surface area contributed by atoms with Crippen molar-refractivity contribution in [2.45, 2.75) is 13.0 Å². The van der Waals surface area contributed by atoms with E-state index < -0.39 is 22.8 Å². The molecule has 0 spiro atoms. The summed E-state index contributed by atoms with van der Waals surface area (Å²) in [5, 5.41) is 10.9. The highest BCUT2D eigenvalue weighted by atomic mass is 127. The van der Waals surface area contributed by atoms with Crippen molar-refractivity contribution in [2.75, 3.05) is 0 Å². The number of allylic oxidation sites excluding steroid dienone is 1.